The molecule has 14 N–H and O–H groups in total. The van der Waals surface area contributed by atoms with Crippen molar-refractivity contribution in [1.82, 2.24) is 31.9 Å². The number of unbranched alkanes of at least 4 members (excludes halogenated alkanes) is 2. The van der Waals surface area contributed by atoms with Crippen molar-refractivity contribution < 1.29 is 43.8 Å². The van der Waals surface area contributed by atoms with Crippen molar-refractivity contribution in [3.05, 3.63) is 42.0 Å². The van der Waals surface area contributed by atoms with Crippen LogP contribution in [0.5, 0.6) is 5.75 Å². The van der Waals surface area contributed by atoms with Gasteiger partial charge in [-0.3, -0.25) is 28.8 Å². The number of hydrogen-bond acceptors (Lipinski definition) is 11. The van der Waals surface area contributed by atoms with Crippen LogP contribution >= 0.6 is 0 Å². The molecule has 330 valence electrons. The van der Waals surface area contributed by atoms with E-state index in [2.05, 4.69) is 31.9 Å². The first-order chi connectivity index (χ1) is 28.0. The Kier molecular flexibility index (Phi) is 22.2. The SMILES string of the molecule is CC[C@@H](C)[C@H](NC(=O)[C@@H]1C/C=C\C[C@H](N)C(=O)N[C@@H](CCCCN)C(=O)N[C@@H](CCCCN)C(=O)N[C@@H](Cc2ccc(O)cc2)C(=O)N1)C(=O)N[C@@H](CC(C)C)C(=O)O. The Balaban J connectivity index is 2.60. The van der Waals surface area contributed by atoms with Crippen LogP contribution in [0.4, 0.5) is 0 Å². The summed E-state index contributed by atoms with van der Waals surface area (Å²) >= 11 is 0. The maximum absolute atomic E-state index is 14.2. The zero-order valence-electron chi connectivity index (χ0n) is 34.8. The standard InChI is InChI=1S/C41H67N9O9/c1-5-25(4)34(40(57)49-33(41(58)59)22-24(2)3)50-38(55)31-13-7-6-12-28(44)35(52)45-29(14-8-10-20-42)36(53)46-30(15-9-11-21-43)37(54)48-32(39(56)47-31)23-26-16-18-27(51)19-17-26/h6-7,16-19,24-25,28-34,51H,5,8-15,20-23,42-44H2,1-4H3,(H,45,52)(H,46,53)(H,47,56)(H,48,54)(H,49,57)(H,50,55)(H,58,59)/b7-6-/t25-,28+,29+,30+,31+,32+,33+,34+/m1/s1. The lowest BCUT2D eigenvalue weighted by molar-refractivity contribution is -0.143. The van der Waals surface area contributed by atoms with E-state index in [1.165, 1.54) is 12.1 Å². The molecular weight excluding hydrogens is 763 g/mol. The molecule has 1 aliphatic rings. The summed E-state index contributed by atoms with van der Waals surface area (Å²) in [6.07, 6.45) is 5.94. The van der Waals surface area contributed by atoms with Gasteiger partial charge in [-0.1, -0.05) is 58.4 Å². The summed E-state index contributed by atoms with van der Waals surface area (Å²) in [6, 6.07) is -2.30. The predicted octanol–water partition coefficient (Wildman–Crippen LogP) is -0.0444. The fourth-order valence-electron chi connectivity index (χ4n) is 6.42. The molecule has 0 unspecified atom stereocenters. The highest BCUT2D eigenvalue weighted by Crippen LogP contribution is 2.15. The molecule has 1 aromatic rings. The Labute approximate surface area is 347 Å². The zero-order valence-corrected chi connectivity index (χ0v) is 34.8. The minimum Gasteiger partial charge on any atom is -0.508 e. The lowest BCUT2D eigenvalue weighted by Gasteiger charge is -2.29. The summed E-state index contributed by atoms with van der Waals surface area (Å²) < 4.78 is 0. The monoisotopic (exact) mass is 830 g/mol. The number of phenolic OH excluding ortho intramolecular Hbond substituents is 1. The third-order valence-corrected chi connectivity index (χ3v) is 10.2. The smallest absolute Gasteiger partial charge is 0.326 e. The first-order valence-electron chi connectivity index (χ1n) is 20.6. The van der Waals surface area contributed by atoms with Crippen molar-refractivity contribution in [2.24, 2.45) is 29.0 Å². The third kappa shape index (κ3) is 17.8. The van der Waals surface area contributed by atoms with E-state index in [1.54, 1.807) is 31.2 Å². The molecule has 0 aromatic heterocycles. The number of amides is 6. The summed E-state index contributed by atoms with van der Waals surface area (Å²) in [5.41, 5.74) is 18.2. The van der Waals surface area contributed by atoms with Crippen LogP contribution in [0, 0.1) is 11.8 Å². The highest BCUT2D eigenvalue weighted by atomic mass is 16.4. The number of rotatable bonds is 19. The van der Waals surface area contributed by atoms with Crippen molar-refractivity contribution in [3.8, 4) is 5.75 Å². The highest BCUT2D eigenvalue weighted by Gasteiger charge is 2.35. The van der Waals surface area contributed by atoms with Crippen LogP contribution in [0.25, 0.3) is 0 Å². The van der Waals surface area contributed by atoms with Gasteiger partial charge in [-0.15, -0.1) is 0 Å². The van der Waals surface area contributed by atoms with Crippen LogP contribution in [0.2, 0.25) is 0 Å². The molecule has 6 amide bonds. The molecule has 18 nitrogen and oxygen atoms in total. The number of carbonyl (C=O) groups excluding carboxylic acids is 6. The zero-order chi connectivity index (χ0) is 44.1. The second-order valence-corrected chi connectivity index (χ2v) is 15.6. The molecule has 0 radical (unpaired) electrons. The van der Waals surface area contributed by atoms with Gasteiger partial charge in [0.25, 0.3) is 0 Å². The van der Waals surface area contributed by atoms with E-state index >= 15 is 0 Å². The van der Waals surface area contributed by atoms with Gasteiger partial charge in [0.15, 0.2) is 0 Å². The second kappa shape index (κ2) is 26.1. The Hall–Kier alpha value is -5.07. The van der Waals surface area contributed by atoms with Gasteiger partial charge in [0, 0.05) is 6.42 Å². The number of phenols is 1. The Morgan fingerprint density at radius 3 is 1.81 bits per heavy atom. The minimum absolute atomic E-state index is 0.000812. The molecule has 0 bridgehead atoms. The fourth-order valence-corrected chi connectivity index (χ4v) is 6.42. The number of carboxylic acid groups (broad SMARTS) is 1. The molecule has 1 heterocycles. The molecule has 0 saturated heterocycles. The first-order valence-corrected chi connectivity index (χ1v) is 20.6. The van der Waals surface area contributed by atoms with Crippen LogP contribution in [-0.4, -0.2) is 107 Å². The summed E-state index contributed by atoms with van der Waals surface area (Å²) in [6.45, 7) is 7.88. The molecule has 1 aliphatic heterocycles. The third-order valence-electron chi connectivity index (χ3n) is 10.2. The minimum atomic E-state index is -1.32. The van der Waals surface area contributed by atoms with Crippen LogP contribution in [0.15, 0.2) is 36.4 Å². The van der Waals surface area contributed by atoms with Crippen molar-refractivity contribution in [3.63, 3.8) is 0 Å². The van der Waals surface area contributed by atoms with Crippen molar-refractivity contribution in [2.45, 2.75) is 141 Å². The average molecular weight is 830 g/mol. The van der Waals surface area contributed by atoms with Gasteiger partial charge in [0.1, 0.15) is 42.0 Å². The van der Waals surface area contributed by atoms with Crippen molar-refractivity contribution in [1.29, 1.82) is 0 Å². The number of aliphatic carboxylic acids is 1. The molecule has 0 fully saturated rings. The summed E-state index contributed by atoms with van der Waals surface area (Å²) in [5, 5.41) is 35.8. The quantitative estimate of drug-likeness (QED) is 0.0647. The van der Waals surface area contributed by atoms with Crippen LogP contribution < -0.4 is 49.1 Å². The van der Waals surface area contributed by atoms with E-state index in [1.807, 2.05) is 20.8 Å². The van der Waals surface area contributed by atoms with E-state index in [9.17, 15) is 43.8 Å². The predicted molar refractivity (Wildman–Crippen MR) is 222 cm³/mol. The van der Waals surface area contributed by atoms with E-state index < -0.39 is 89.6 Å². The van der Waals surface area contributed by atoms with Gasteiger partial charge in [0.2, 0.25) is 35.4 Å². The van der Waals surface area contributed by atoms with Gasteiger partial charge in [-0.2, -0.15) is 0 Å². The molecule has 59 heavy (non-hydrogen) atoms. The second-order valence-electron chi connectivity index (χ2n) is 15.6. The van der Waals surface area contributed by atoms with Crippen LogP contribution in [0.3, 0.4) is 0 Å². The molecule has 2 rings (SSSR count). The maximum atomic E-state index is 14.2. The van der Waals surface area contributed by atoms with Crippen molar-refractivity contribution in [2.75, 3.05) is 13.1 Å². The number of carboxylic acids is 1. The number of carbonyl (C=O) groups is 7. The van der Waals surface area contributed by atoms with Gasteiger partial charge in [-0.05, 0) is 100 Å². The number of aromatic hydroxyl groups is 1. The normalized spacial score (nSPS) is 23.0. The largest absolute Gasteiger partial charge is 0.508 e. The Morgan fingerprint density at radius 1 is 0.763 bits per heavy atom. The average Bonchev–Trinajstić information content (AvgIpc) is 3.19. The topological polar surface area (TPSA) is 310 Å². The lowest BCUT2D eigenvalue weighted by atomic mass is 9.96. The number of nitrogens with one attached hydrogen (secondary N) is 6. The van der Waals surface area contributed by atoms with Crippen LogP contribution in [0.1, 0.15) is 97.5 Å². The van der Waals surface area contributed by atoms with Gasteiger partial charge >= 0.3 is 5.97 Å². The fraction of sp³-hybridized carbons (Fsp3) is 0.634. The number of nitrogens with two attached hydrogens (primary N) is 3. The maximum Gasteiger partial charge on any atom is 0.326 e. The van der Waals surface area contributed by atoms with Gasteiger partial charge < -0.3 is 59.3 Å². The summed E-state index contributed by atoms with van der Waals surface area (Å²) in [7, 11) is 0. The van der Waals surface area contributed by atoms with Gasteiger partial charge in [-0.25, -0.2) is 4.79 Å². The molecule has 18 heteroatoms. The van der Waals surface area contributed by atoms with Crippen LogP contribution in [-0.2, 0) is 40.0 Å². The van der Waals surface area contributed by atoms with E-state index in [0.29, 0.717) is 50.8 Å². The molecule has 0 spiro atoms. The van der Waals surface area contributed by atoms with E-state index in [0.717, 1.165) is 0 Å². The molecule has 8 atom stereocenters. The summed E-state index contributed by atoms with van der Waals surface area (Å²) in [4.78, 5) is 94.9. The Bertz CT molecular complexity index is 1570. The highest BCUT2D eigenvalue weighted by molar-refractivity contribution is 5.97. The van der Waals surface area contributed by atoms with Gasteiger partial charge in [0.05, 0.1) is 6.04 Å². The van der Waals surface area contributed by atoms with E-state index in [4.69, 9.17) is 17.2 Å². The first kappa shape index (κ1) is 50.1. The van der Waals surface area contributed by atoms with E-state index in [-0.39, 0.29) is 50.2 Å². The number of benzene rings is 1. The van der Waals surface area contributed by atoms with Crippen molar-refractivity contribution >= 4 is 41.4 Å². The molecule has 0 aliphatic carbocycles. The molecular formula is C41H67N9O9. The molecule has 1 aromatic carbocycles. The Morgan fingerprint density at radius 2 is 1.29 bits per heavy atom. The number of hydrogen-bond donors (Lipinski definition) is 11. The molecule has 0 saturated carbocycles. The lowest BCUT2D eigenvalue weighted by Crippen LogP contribution is -2.60. The summed E-state index contributed by atoms with van der Waals surface area (Å²) in [5.74, 6) is -5.91.